The molecule has 0 unspecified atom stereocenters. The molecular formula is C15H22N2O4S. The van der Waals surface area contributed by atoms with Crippen molar-refractivity contribution in [2.24, 2.45) is 0 Å². The van der Waals surface area contributed by atoms with Gasteiger partial charge in [-0.05, 0) is 45.7 Å². The number of aromatic nitrogens is 1. The van der Waals surface area contributed by atoms with Gasteiger partial charge in [0.25, 0.3) is 0 Å². The molecule has 1 aromatic heterocycles. The van der Waals surface area contributed by atoms with Crippen LogP contribution in [0.4, 0.5) is 4.79 Å². The van der Waals surface area contributed by atoms with Crippen molar-refractivity contribution >= 4 is 15.9 Å². The van der Waals surface area contributed by atoms with Gasteiger partial charge in [0, 0.05) is 25.5 Å². The quantitative estimate of drug-likeness (QED) is 0.833. The molecule has 122 valence electrons. The SMILES string of the molecule is CC(C)(C)OC(=O)N1CCC(S(=O)(=O)c2ccncc2)CC1. The van der Waals surface area contributed by atoms with Crippen molar-refractivity contribution < 1.29 is 17.9 Å². The fourth-order valence-electron chi connectivity index (χ4n) is 2.40. The Bertz CT molecular complexity index is 615. The lowest BCUT2D eigenvalue weighted by molar-refractivity contribution is 0.0217. The number of sulfone groups is 1. The van der Waals surface area contributed by atoms with Crippen molar-refractivity contribution in [3.05, 3.63) is 24.5 Å². The van der Waals surface area contributed by atoms with Crippen LogP contribution in [0.3, 0.4) is 0 Å². The molecule has 0 bridgehead atoms. The van der Waals surface area contributed by atoms with Gasteiger partial charge in [-0.2, -0.15) is 0 Å². The van der Waals surface area contributed by atoms with Crippen molar-refractivity contribution in [3.63, 3.8) is 0 Å². The summed E-state index contributed by atoms with van der Waals surface area (Å²) in [6.07, 6.45) is 3.41. The first-order valence-electron chi connectivity index (χ1n) is 7.32. The largest absolute Gasteiger partial charge is 0.444 e. The Morgan fingerprint density at radius 1 is 1.23 bits per heavy atom. The highest BCUT2D eigenvalue weighted by atomic mass is 32.2. The second-order valence-electron chi connectivity index (χ2n) is 6.39. The third-order valence-corrected chi connectivity index (χ3v) is 5.79. The second-order valence-corrected chi connectivity index (χ2v) is 8.62. The van der Waals surface area contributed by atoms with Gasteiger partial charge in [0.1, 0.15) is 5.60 Å². The number of piperidine rings is 1. The fourth-order valence-corrected chi connectivity index (χ4v) is 4.11. The Labute approximate surface area is 131 Å². The lowest BCUT2D eigenvalue weighted by Crippen LogP contribution is -2.44. The maximum Gasteiger partial charge on any atom is 0.410 e. The number of likely N-dealkylation sites (tertiary alicyclic amines) is 1. The summed E-state index contributed by atoms with van der Waals surface area (Å²) in [6, 6.07) is 3.02. The van der Waals surface area contributed by atoms with Gasteiger partial charge >= 0.3 is 6.09 Å². The van der Waals surface area contributed by atoms with Crippen molar-refractivity contribution in [3.8, 4) is 0 Å². The van der Waals surface area contributed by atoms with Crippen molar-refractivity contribution in [1.82, 2.24) is 9.88 Å². The van der Waals surface area contributed by atoms with Gasteiger partial charge in [-0.15, -0.1) is 0 Å². The van der Waals surface area contributed by atoms with Gasteiger partial charge in [0.2, 0.25) is 0 Å². The van der Waals surface area contributed by atoms with Crippen LogP contribution >= 0.6 is 0 Å². The molecule has 2 rings (SSSR count). The first kappa shape index (κ1) is 16.7. The zero-order valence-corrected chi connectivity index (χ0v) is 14.0. The summed E-state index contributed by atoms with van der Waals surface area (Å²) in [5.41, 5.74) is -0.545. The number of hydrogen-bond donors (Lipinski definition) is 0. The molecule has 0 atom stereocenters. The minimum atomic E-state index is -3.37. The Hall–Kier alpha value is -1.63. The van der Waals surface area contributed by atoms with Crippen molar-refractivity contribution in [2.45, 2.75) is 49.4 Å². The van der Waals surface area contributed by atoms with Gasteiger partial charge in [-0.1, -0.05) is 0 Å². The van der Waals surface area contributed by atoms with Gasteiger partial charge in [0.15, 0.2) is 9.84 Å². The molecule has 1 aliphatic rings. The first-order chi connectivity index (χ1) is 10.2. The standard InChI is InChI=1S/C15H22N2O4S/c1-15(2,3)21-14(18)17-10-6-13(7-11-17)22(19,20)12-4-8-16-9-5-12/h4-5,8-9,13H,6-7,10-11H2,1-3H3. The molecule has 7 heteroatoms. The highest BCUT2D eigenvalue weighted by molar-refractivity contribution is 7.92. The van der Waals surface area contributed by atoms with Crippen LogP contribution in [0.25, 0.3) is 0 Å². The Morgan fingerprint density at radius 2 is 1.77 bits per heavy atom. The normalized spacial score (nSPS) is 17.3. The average molecular weight is 326 g/mol. The predicted molar refractivity (Wildman–Crippen MR) is 82.3 cm³/mol. The van der Waals surface area contributed by atoms with Crippen molar-refractivity contribution in [1.29, 1.82) is 0 Å². The van der Waals surface area contributed by atoms with E-state index in [4.69, 9.17) is 4.74 Å². The molecule has 1 aromatic rings. The zero-order valence-electron chi connectivity index (χ0n) is 13.2. The van der Waals surface area contributed by atoms with Crippen LogP contribution in [-0.4, -0.2) is 48.3 Å². The Kier molecular flexibility index (Phi) is 4.75. The van der Waals surface area contributed by atoms with E-state index in [2.05, 4.69) is 4.98 Å². The van der Waals surface area contributed by atoms with Crippen molar-refractivity contribution in [2.75, 3.05) is 13.1 Å². The Balaban J connectivity index is 1.99. The summed E-state index contributed by atoms with van der Waals surface area (Å²) >= 11 is 0. The second kappa shape index (κ2) is 6.24. The fraction of sp³-hybridized carbons (Fsp3) is 0.600. The molecule has 0 aliphatic carbocycles. The number of carbonyl (C=O) groups is 1. The predicted octanol–water partition coefficient (Wildman–Crippen LogP) is 2.25. The van der Waals surface area contributed by atoms with Gasteiger partial charge < -0.3 is 9.64 Å². The molecule has 22 heavy (non-hydrogen) atoms. The molecule has 0 spiro atoms. The van der Waals surface area contributed by atoms with E-state index < -0.39 is 20.7 Å². The Morgan fingerprint density at radius 3 is 2.27 bits per heavy atom. The van der Waals surface area contributed by atoms with E-state index in [1.807, 2.05) is 20.8 Å². The average Bonchev–Trinajstić information content (AvgIpc) is 2.46. The highest BCUT2D eigenvalue weighted by Crippen LogP contribution is 2.25. The molecule has 2 heterocycles. The van der Waals surface area contributed by atoms with Crippen LogP contribution in [0.2, 0.25) is 0 Å². The van der Waals surface area contributed by atoms with Crippen LogP contribution < -0.4 is 0 Å². The van der Waals surface area contributed by atoms with Crippen LogP contribution in [0.1, 0.15) is 33.6 Å². The summed E-state index contributed by atoms with van der Waals surface area (Å²) in [5, 5.41) is -0.464. The topological polar surface area (TPSA) is 76.6 Å². The molecule has 1 saturated heterocycles. The smallest absolute Gasteiger partial charge is 0.410 e. The summed E-state index contributed by atoms with van der Waals surface area (Å²) in [7, 11) is -3.37. The molecule has 0 saturated carbocycles. The van der Waals surface area contributed by atoms with E-state index >= 15 is 0 Å². The molecule has 1 aliphatic heterocycles. The van der Waals surface area contributed by atoms with E-state index in [0.29, 0.717) is 30.8 Å². The molecule has 6 nitrogen and oxygen atoms in total. The number of hydrogen-bond acceptors (Lipinski definition) is 5. The molecular weight excluding hydrogens is 304 g/mol. The maximum absolute atomic E-state index is 12.5. The molecule has 0 radical (unpaired) electrons. The van der Waals surface area contributed by atoms with E-state index in [1.165, 1.54) is 24.5 Å². The lowest BCUT2D eigenvalue weighted by Gasteiger charge is -2.33. The zero-order chi connectivity index (χ0) is 16.4. The minimum Gasteiger partial charge on any atom is -0.444 e. The van der Waals surface area contributed by atoms with E-state index in [-0.39, 0.29) is 6.09 Å². The minimum absolute atomic E-state index is 0.290. The van der Waals surface area contributed by atoms with Crippen LogP contribution in [0.5, 0.6) is 0 Å². The van der Waals surface area contributed by atoms with Crippen LogP contribution in [0, 0.1) is 0 Å². The first-order valence-corrected chi connectivity index (χ1v) is 8.86. The van der Waals surface area contributed by atoms with E-state index in [1.54, 1.807) is 4.90 Å². The van der Waals surface area contributed by atoms with E-state index in [0.717, 1.165) is 0 Å². The summed E-state index contributed by atoms with van der Waals surface area (Å²) in [4.78, 5) is 17.7. The molecule has 1 fully saturated rings. The van der Waals surface area contributed by atoms with Gasteiger partial charge in [-0.3, -0.25) is 4.98 Å². The number of amides is 1. The summed E-state index contributed by atoms with van der Waals surface area (Å²) in [6.45, 7) is 6.22. The summed E-state index contributed by atoms with van der Waals surface area (Å²) < 4.78 is 30.4. The third kappa shape index (κ3) is 3.97. The molecule has 0 aromatic carbocycles. The monoisotopic (exact) mass is 326 g/mol. The van der Waals surface area contributed by atoms with Gasteiger partial charge in [0.05, 0.1) is 10.1 Å². The van der Waals surface area contributed by atoms with Crippen LogP contribution in [0.15, 0.2) is 29.4 Å². The maximum atomic E-state index is 12.5. The number of nitrogens with zero attached hydrogens (tertiary/aromatic N) is 2. The highest BCUT2D eigenvalue weighted by Gasteiger charge is 2.34. The number of ether oxygens (including phenoxy) is 1. The number of pyridine rings is 1. The third-order valence-electron chi connectivity index (χ3n) is 3.51. The summed E-state index contributed by atoms with van der Waals surface area (Å²) in [5.74, 6) is 0. The lowest BCUT2D eigenvalue weighted by atomic mass is 10.1. The molecule has 1 amide bonds. The number of carbonyl (C=O) groups excluding carboxylic acids is 1. The van der Waals surface area contributed by atoms with Gasteiger partial charge in [-0.25, -0.2) is 13.2 Å². The molecule has 0 N–H and O–H groups in total. The number of rotatable bonds is 2. The van der Waals surface area contributed by atoms with E-state index in [9.17, 15) is 13.2 Å². The van der Waals surface area contributed by atoms with Crippen LogP contribution in [-0.2, 0) is 14.6 Å².